The summed E-state index contributed by atoms with van der Waals surface area (Å²) in [5.41, 5.74) is 4.39. The van der Waals surface area contributed by atoms with Gasteiger partial charge in [-0.1, -0.05) is 62.4 Å². The lowest BCUT2D eigenvalue weighted by Gasteiger charge is -2.19. The van der Waals surface area contributed by atoms with E-state index < -0.39 is 18.1 Å². The molecule has 4 rings (SSSR count). The Morgan fingerprint density at radius 3 is 2.26 bits per heavy atom. The molecule has 3 aromatic rings. The topological polar surface area (TPSA) is 102 Å². The number of ether oxygens (including phenoxy) is 1. The molecule has 1 aliphatic rings. The van der Waals surface area contributed by atoms with Gasteiger partial charge < -0.3 is 19.6 Å². The first-order valence-corrected chi connectivity index (χ1v) is 10.2. The maximum absolute atomic E-state index is 12.6. The van der Waals surface area contributed by atoms with E-state index in [1.165, 1.54) is 0 Å². The first-order valence-electron chi connectivity index (χ1n) is 10.2. The number of nitrogens with zero attached hydrogens (tertiary/aromatic N) is 1. The average Bonchev–Trinajstić information content (AvgIpc) is 3.35. The highest BCUT2D eigenvalue weighted by Crippen LogP contribution is 2.44. The predicted molar refractivity (Wildman–Crippen MR) is 114 cm³/mol. The summed E-state index contributed by atoms with van der Waals surface area (Å²) in [5.74, 6) is -0.847. The highest BCUT2D eigenvalue weighted by atomic mass is 16.5. The molecule has 7 heteroatoms. The molecule has 1 heterocycles. The maximum atomic E-state index is 12.6. The molecule has 0 saturated heterocycles. The van der Waals surface area contributed by atoms with Crippen LogP contribution >= 0.6 is 0 Å². The maximum Gasteiger partial charge on any atom is 0.407 e. The molecule has 0 saturated carbocycles. The monoisotopic (exact) mass is 420 g/mol. The molecule has 1 aliphatic carbocycles. The fourth-order valence-electron chi connectivity index (χ4n) is 4.02. The average molecular weight is 420 g/mol. The van der Waals surface area contributed by atoms with Crippen molar-refractivity contribution in [2.75, 3.05) is 6.61 Å². The van der Waals surface area contributed by atoms with Crippen LogP contribution in [-0.2, 0) is 4.74 Å². The molecule has 1 aromatic heterocycles. The minimum atomic E-state index is -1.18. The summed E-state index contributed by atoms with van der Waals surface area (Å²) in [6, 6.07) is 15.7. The van der Waals surface area contributed by atoms with Gasteiger partial charge in [-0.15, -0.1) is 0 Å². The van der Waals surface area contributed by atoms with Crippen molar-refractivity contribution >= 4 is 12.1 Å². The SMILES string of the molecule is CC(C)C[C@H](NC(=O)OCC1c2ccccc2-c2ccccc21)c1nc(C(=O)O)co1. The van der Waals surface area contributed by atoms with Crippen LogP contribution in [0.2, 0.25) is 0 Å². The van der Waals surface area contributed by atoms with Gasteiger partial charge in [0.15, 0.2) is 5.69 Å². The van der Waals surface area contributed by atoms with E-state index in [1.807, 2.05) is 38.1 Å². The minimum Gasteiger partial charge on any atom is -0.476 e. The molecule has 1 amide bonds. The van der Waals surface area contributed by atoms with Crippen LogP contribution in [0.3, 0.4) is 0 Å². The molecule has 31 heavy (non-hydrogen) atoms. The third-order valence-electron chi connectivity index (χ3n) is 5.38. The normalized spacial score (nSPS) is 13.5. The first kappa shape index (κ1) is 20.7. The number of carbonyl (C=O) groups is 2. The number of rotatable bonds is 7. The van der Waals surface area contributed by atoms with E-state index in [1.54, 1.807) is 0 Å². The van der Waals surface area contributed by atoms with Crippen LogP contribution in [0.4, 0.5) is 4.79 Å². The van der Waals surface area contributed by atoms with Crippen molar-refractivity contribution in [3.8, 4) is 11.1 Å². The number of oxazole rings is 1. The van der Waals surface area contributed by atoms with Crippen LogP contribution in [-0.4, -0.2) is 28.8 Å². The van der Waals surface area contributed by atoms with E-state index >= 15 is 0 Å². The van der Waals surface area contributed by atoms with Gasteiger partial charge >= 0.3 is 12.1 Å². The number of carboxylic acid groups (broad SMARTS) is 1. The lowest BCUT2D eigenvalue weighted by molar-refractivity contribution is 0.0690. The number of fused-ring (bicyclic) bond motifs is 3. The molecular formula is C24H24N2O5. The Labute approximate surface area is 180 Å². The molecule has 0 fully saturated rings. The van der Waals surface area contributed by atoms with Gasteiger partial charge in [-0.25, -0.2) is 14.6 Å². The van der Waals surface area contributed by atoms with E-state index in [4.69, 9.17) is 14.3 Å². The number of amides is 1. The number of benzene rings is 2. The van der Waals surface area contributed by atoms with Gasteiger partial charge in [0.2, 0.25) is 5.89 Å². The van der Waals surface area contributed by atoms with Crippen molar-refractivity contribution in [3.63, 3.8) is 0 Å². The van der Waals surface area contributed by atoms with E-state index in [0.29, 0.717) is 6.42 Å². The van der Waals surface area contributed by atoms with E-state index in [-0.39, 0.29) is 30.0 Å². The summed E-state index contributed by atoms with van der Waals surface area (Å²) >= 11 is 0. The number of hydrogen-bond donors (Lipinski definition) is 2. The molecular weight excluding hydrogens is 396 g/mol. The molecule has 2 N–H and O–H groups in total. The van der Waals surface area contributed by atoms with Crippen LogP contribution in [0.25, 0.3) is 11.1 Å². The third-order valence-corrected chi connectivity index (χ3v) is 5.38. The fourth-order valence-corrected chi connectivity index (χ4v) is 4.02. The largest absolute Gasteiger partial charge is 0.476 e. The Morgan fingerprint density at radius 1 is 1.10 bits per heavy atom. The molecule has 0 aliphatic heterocycles. The summed E-state index contributed by atoms with van der Waals surface area (Å²) in [7, 11) is 0. The van der Waals surface area contributed by atoms with Crippen molar-refractivity contribution in [2.24, 2.45) is 5.92 Å². The van der Waals surface area contributed by atoms with Crippen LogP contribution < -0.4 is 5.32 Å². The smallest absolute Gasteiger partial charge is 0.407 e. The zero-order valence-corrected chi connectivity index (χ0v) is 17.4. The van der Waals surface area contributed by atoms with Crippen LogP contribution in [0, 0.1) is 5.92 Å². The van der Waals surface area contributed by atoms with Crippen molar-refractivity contribution in [3.05, 3.63) is 77.5 Å². The van der Waals surface area contributed by atoms with Crippen molar-refractivity contribution < 1.29 is 23.8 Å². The zero-order valence-electron chi connectivity index (χ0n) is 17.4. The van der Waals surface area contributed by atoms with Gasteiger partial charge in [0.25, 0.3) is 0 Å². The lowest BCUT2D eigenvalue weighted by Crippen LogP contribution is -2.31. The predicted octanol–water partition coefficient (Wildman–Crippen LogP) is 5.00. The van der Waals surface area contributed by atoms with E-state index in [9.17, 15) is 9.59 Å². The number of carbonyl (C=O) groups excluding carboxylic acids is 1. The Bertz CT molecular complexity index is 1060. The summed E-state index contributed by atoms with van der Waals surface area (Å²) in [5, 5.41) is 11.9. The van der Waals surface area contributed by atoms with Crippen molar-refractivity contribution in [2.45, 2.75) is 32.2 Å². The molecule has 0 bridgehead atoms. The second-order valence-corrected chi connectivity index (χ2v) is 8.03. The number of hydrogen-bond acceptors (Lipinski definition) is 5. The highest BCUT2D eigenvalue weighted by molar-refractivity contribution is 5.84. The lowest BCUT2D eigenvalue weighted by atomic mass is 9.98. The summed E-state index contributed by atoms with van der Waals surface area (Å²) in [4.78, 5) is 27.7. The molecule has 0 unspecified atom stereocenters. The van der Waals surface area contributed by atoms with E-state index in [2.05, 4.69) is 34.6 Å². The second-order valence-electron chi connectivity index (χ2n) is 8.03. The zero-order chi connectivity index (χ0) is 22.0. The Morgan fingerprint density at radius 2 is 1.71 bits per heavy atom. The van der Waals surface area contributed by atoms with Crippen LogP contribution in [0.15, 0.2) is 59.2 Å². The quantitative estimate of drug-likeness (QED) is 0.558. The highest BCUT2D eigenvalue weighted by Gasteiger charge is 2.30. The number of nitrogens with one attached hydrogen (secondary N) is 1. The van der Waals surface area contributed by atoms with Gasteiger partial charge in [-0.05, 0) is 34.6 Å². The summed E-state index contributed by atoms with van der Waals surface area (Å²) in [6.45, 7) is 4.18. The summed E-state index contributed by atoms with van der Waals surface area (Å²) in [6.07, 6.45) is 1.01. The Balaban J connectivity index is 1.47. The molecule has 1 atom stereocenters. The number of alkyl carbamates (subject to hydrolysis) is 1. The van der Waals surface area contributed by atoms with Crippen molar-refractivity contribution in [1.82, 2.24) is 10.3 Å². The molecule has 2 aromatic carbocycles. The Kier molecular flexibility index (Phi) is 5.75. The van der Waals surface area contributed by atoms with Gasteiger partial charge in [0.05, 0.1) is 0 Å². The third kappa shape index (κ3) is 4.30. The molecule has 160 valence electrons. The van der Waals surface area contributed by atoms with Crippen molar-refractivity contribution in [1.29, 1.82) is 0 Å². The standard InChI is InChI=1S/C24H24N2O5/c1-14(2)11-20(22-25-21(13-30-22)23(27)28)26-24(29)31-12-19-17-9-5-3-7-15(17)16-8-4-6-10-18(16)19/h3-10,13-14,19-20H,11-12H2,1-2H3,(H,26,29)(H,27,28)/t20-/m0/s1. The number of aromatic nitrogens is 1. The van der Waals surface area contributed by atoms with Crippen LogP contribution in [0.5, 0.6) is 0 Å². The minimum absolute atomic E-state index is 0.0398. The molecule has 7 nitrogen and oxygen atoms in total. The van der Waals surface area contributed by atoms with Gasteiger partial charge in [-0.2, -0.15) is 0 Å². The summed E-state index contributed by atoms with van der Waals surface area (Å²) < 4.78 is 10.9. The fraction of sp³-hybridized carbons (Fsp3) is 0.292. The molecule has 0 radical (unpaired) electrons. The van der Waals surface area contributed by atoms with Gasteiger partial charge in [0.1, 0.15) is 18.9 Å². The molecule has 0 spiro atoms. The number of aromatic carboxylic acids is 1. The first-order chi connectivity index (χ1) is 14.9. The second kappa shape index (κ2) is 8.63. The van der Waals surface area contributed by atoms with E-state index in [0.717, 1.165) is 28.5 Å². The van der Waals surface area contributed by atoms with Gasteiger partial charge in [0, 0.05) is 5.92 Å². The van der Waals surface area contributed by atoms with Gasteiger partial charge in [-0.3, -0.25) is 0 Å². The van der Waals surface area contributed by atoms with Crippen LogP contribution in [0.1, 0.15) is 59.7 Å². The number of carboxylic acids is 1. The Hall–Kier alpha value is -3.61.